The van der Waals surface area contributed by atoms with Gasteiger partial charge in [0, 0.05) is 0 Å². The van der Waals surface area contributed by atoms with Gasteiger partial charge in [-0.05, 0) is 38.1 Å². The van der Waals surface area contributed by atoms with Crippen molar-refractivity contribution in [2.45, 2.75) is 32.9 Å². The minimum absolute atomic E-state index is 0.0233. The third kappa shape index (κ3) is 4.05. The molecule has 0 fully saturated rings. The molecular weight excluding hydrogens is 265 g/mol. The average Bonchev–Trinajstić information content (AvgIpc) is 2.48. The molecule has 0 amide bonds. The van der Waals surface area contributed by atoms with Gasteiger partial charge in [0.05, 0.1) is 6.04 Å². The zero-order chi connectivity index (χ0) is 15.2. The first-order valence-corrected chi connectivity index (χ1v) is 7.33. The van der Waals surface area contributed by atoms with Crippen molar-refractivity contribution in [1.82, 2.24) is 5.32 Å². The van der Waals surface area contributed by atoms with Crippen LogP contribution < -0.4 is 10.1 Å². The molecule has 2 unspecified atom stereocenters. The SMILES string of the molecule is CCNC(c1ccc(C)cc1)C(C)Oc1ccccc1F. The minimum atomic E-state index is -0.330. The largest absolute Gasteiger partial charge is 0.486 e. The Morgan fingerprint density at radius 1 is 1.10 bits per heavy atom. The molecule has 0 aliphatic rings. The number of aryl methyl sites for hydroxylation is 1. The summed E-state index contributed by atoms with van der Waals surface area (Å²) < 4.78 is 19.5. The van der Waals surface area contributed by atoms with Crippen LogP contribution in [0.1, 0.15) is 31.0 Å². The van der Waals surface area contributed by atoms with Crippen molar-refractivity contribution in [2.24, 2.45) is 0 Å². The summed E-state index contributed by atoms with van der Waals surface area (Å²) in [6.45, 7) is 6.89. The quantitative estimate of drug-likeness (QED) is 0.857. The van der Waals surface area contributed by atoms with Crippen LogP contribution in [0.4, 0.5) is 4.39 Å². The molecule has 0 aliphatic carbocycles. The van der Waals surface area contributed by atoms with Crippen molar-refractivity contribution in [3.8, 4) is 5.75 Å². The number of likely N-dealkylation sites (N-methyl/N-ethyl adjacent to an activating group) is 1. The number of nitrogens with one attached hydrogen (secondary N) is 1. The number of para-hydroxylation sites is 1. The first-order chi connectivity index (χ1) is 10.1. The van der Waals surface area contributed by atoms with Crippen LogP contribution in [0.3, 0.4) is 0 Å². The van der Waals surface area contributed by atoms with Crippen LogP contribution in [-0.2, 0) is 0 Å². The van der Waals surface area contributed by atoms with Crippen molar-refractivity contribution in [3.05, 3.63) is 65.5 Å². The van der Waals surface area contributed by atoms with Crippen molar-refractivity contribution in [2.75, 3.05) is 6.54 Å². The molecule has 2 atom stereocenters. The Hall–Kier alpha value is -1.87. The Kier molecular flexibility index (Phi) is 5.34. The molecule has 0 radical (unpaired) electrons. The summed E-state index contributed by atoms with van der Waals surface area (Å²) in [5.41, 5.74) is 2.36. The van der Waals surface area contributed by atoms with Crippen molar-refractivity contribution >= 4 is 0 Å². The van der Waals surface area contributed by atoms with E-state index in [1.54, 1.807) is 18.2 Å². The topological polar surface area (TPSA) is 21.3 Å². The fourth-order valence-corrected chi connectivity index (χ4v) is 2.36. The number of hydrogen-bond donors (Lipinski definition) is 1. The second kappa shape index (κ2) is 7.23. The molecule has 0 heterocycles. The predicted molar refractivity (Wildman–Crippen MR) is 84.1 cm³/mol. The summed E-state index contributed by atoms with van der Waals surface area (Å²) in [6.07, 6.45) is -0.176. The molecule has 112 valence electrons. The van der Waals surface area contributed by atoms with Crippen LogP contribution in [0, 0.1) is 12.7 Å². The van der Waals surface area contributed by atoms with Gasteiger partial charge in [-0.15, -0.1) is 0 Å². The summed E-state index contributed by atoms with van der Waals surface area (Å²) in [4.78, 5) is 0. The van der Waals surface area contributed by atoms with E-state index in [1.165, 1.54) is 11.6 Å². The number of benzene rings is 2. The van der Waals surface area contributed by atoms with Crippen LogP contribution in [0.2, 0.25) is 0 Å². The lowest BCUT2D eigenvalue weighted by Gasteiger charge is -2.26. The number of ether oxygens (including phenoxy) is 1. The minimum Gasteiger partial charge on any atom is -0.486 e. The molecule has 0 saturated heterocycles. The van der Waals surface area contributed by atoms with Crippen LogP contribution >= 0.6 is 0 Å². The lowest BCUT2D eigenvalue weighted by Crippen LogP contribution is -2.34. The van der Waals surface area contributed by atoms with Gasteiger partial charge in [-0.25, -0.2) is 4.39 Å². The van der Waals surface area contributed by atoms with E-state index in [2.05, 4.69) is 43.4 Å². The molecule has 2 aromatic rings. The van der Waals surface area contributed by atoms with Crippen molar-refractivity contribution < 1.29 is 9.13 Å². The van der Waals surface area contributed by atoms with Gasteiger partial charge in [0.15, 0.2) is 11.6 Å². The Bertz CT molecular complexity index is 568. The normalized spacial score (nSPS) is 13.7. The zero-order valence-corrected chi connectivity index (χ0v) is 12.8. The van der Waals surface area contributed by atoms with Gasteiger partial charge < -0.3 is 10.1 Å². The molecule has 21 heavy (non-hydrogen) atoms. The second-order valence-electron chi connectivity index (χ2n) is 5.20. The van der Waals surface area contributed by atoms with Gasteiger partial charge in [0.1, 0.15) is 6.10 Å². The number of rotatable bonds is 6. The molecule has 0 bridgehead atoms. The summed E-state index contributed by atoms with van der Waals surface area (Å²) in [7, 11) is 0. The van der Waals surface area contributed by atoms with Gasteiger partial charge in [-0.1, -0.05) is 48.9 Å². The summed E-state index contributed by atoms with van der Waals surface area (Å²) in [5, 5.41) is 3.41. The van der Waals surface area contributed by atoms with E-state index in [0.29, 0.717) is 5.75 Å². The van der Waals surface area contributed by atoms with E-state index in [9.17, 15) is 4.39 Å². The molecule has 3 heteroatoms. The van der Waals surface area contributed by atoms with Gasteiger partial charge >= 0.3 is 0 Å². The van der Waals surface area contributed by atoms with E-state index < -0.39 is 0 Å². The van der Waals surface area contributed by atoms with Crippen LogP contribution in [0.5, 0.6) is 5.75 Å². The Labute approximate surface area is 126 Å². The molecular formula is C18H22FNO. The average molecular weight is 287 g/mol. The molecule has 1 N–H and O–H groups in total. The maximum atomic E-state index is 13.7. The highest BCUT2D eigenvalue weighted by Gasteiger charge is 2.20. The first kappa shape index (κ1) is 15.5. The van der Waals surface area contributed by atoms with Gasteiger partial charge in [-0.3, -0.25) is 0 Å². The van der Waals surface area contributed by atoms with Crippen LogP contribution in [0.25, 0.3) is 0 Å². The third-order valence-corrected chi connectivity index (χ3v) is 3.48. The lowest BCUT2D eigenvalue weighted by molar-refractivity contribution is 0.165. The Morgan fingerprint density at radius 2 is 1.76 bits per heavy atom. The summed E-state index contributed by atoms with van der Waals surface area (Å²) in [6, 6.07) is 14.9. The molecule has 0 spiro atoms. The summed E-state index contributed by atoms with van der Waals surface area (Å²) in [5.74, 6) is -0.0384. The van der Waals surface area contributed by atoms with E-state index in [4.69, 9.17) is 4.74 Å². The fraction of sp³-hybridized carbons (Fsp3) is 0.333. The van der Waals surface area contributed by atoms with Crippen LogP contribution in [0.15, 0.2) is 48.5 Å². The lowest BCUT2D eigenvalue weighted by atomic mass is 10.0. The monoisotopic (exact) mass is 287 g/mol. The third-order valence-electron chi connectivity index (χ3n) is 3.48. The second-order valence-corrected chi connectivity index (χ2v) is 5.20. The molecule has 0 aliphatic heterocycles. The number of halogens is 1. The van der Waals surface area contributed by atoms with Crippen molar-refractivity contribution in [1.29, 1.82) is 0 Å². The van der Waals surface area contributed by atoms with E-state index in [-0.39, 0.29) is 18.0 Å². The van der Waals surface area contributed by atoms with Crippen LogP contribution in [-0.4, -0.2) is 12.6 Å². The van der Waals surface area contributed by atoms with E-state index in [1.807, 2.05) is 6.92 Å². The van der Waals surface area contributed by atoms with E-state index in [0.717, 1.165) is 12.1 Å². The Balaban J connectivity index is 2.17. The van der Waals surface area contributed by atoms with Gasteiger partial charge in [-0.2, -0.15) is 0 Å². The standard InChI is InChI=1S/C18H22FNO/c1-4-20-18(15-11-9-13(2)10-12-15)14(3)21-17-8-6-5-7-16(17)19/h5-12,14,18,20H,4H2,1-3H3. The first-order valence-electron chi connectivity index (χ1n) is 7.33. The number of hydrogen-bond acceptors (Lipinski definition) is 2. The smallest absolute Gasteiger partial charge is 0.165 e. The molecule has 2 aromatic carbocycles. The summed E-state index contributed by atoms with van der Waals surface area (Å²) >= 11 is 0. The van der Waals surface area contributed by atoms with Gasteiger partial charge in [0.25, 0.3) is 0 Å². The predicted octanol–water partition coefficient (Wildman–Crippen LogP) is 4.25. The molecule has 2 rings (SSSR count). The Morgan fingerprint density at radius 3 is 2.38 bits per heavy atom. The highest BCUT2D eigenvalue weighted by Crippen LogP contribution is 2.24. The highest BCUT2D eigenvalue weighted by molar-refractivity contribution is 5.27. The molecule has 2 nitrogen and oxygen atoms in total. The fourth-order valence-electron chi connectivity index (χ4n) is 2.36. The highest BCUT2D eigenvalue weighted by atomic mass is 19.1. The molecule has 0 saturated carbocycles. The van der Waals surface area contributed by atoms with Crippen molar-refractivity contribution in [3.63, 3.8) is 0 Å². The zero-order valence-electron chi connectivity index (χ0n) is 12.8. The van der Waals surface area contributed by atoms with E-state index >= 15 is 0 Å². The van der Waals surface area contributed by atoms with Gasteiger partial charge in [0.2, 0.25) is 0 Å². The maximum Gasteiger partial charge on any atom is 0.165 e. The maximum absolute atomic E-state index is 13.7. The molecule has 0 aromatic heterocycles.